The Morgan fingerprint density at radius 3 is 2.68 bits per heavy atom. The van der Waals surface area contributed by atoms with E-state index in [9.17, 15) is 9.59 Å². The zero-order valence-corrected chi connectivity index (χ0v) is 16.7. The van der Waals surface area contributed by atoms with Crippen molar-refractivity contribution in [3.63, 3.8) is 0 Å². The van der Waals surface area contributed by atoms with Crippen LogP contribution in [-0.4, -0.2) is 41.5 Å². The van der Waals surface area contributed by atoms with E-state index in [4.69, 9.17) is 13.4 Å². The van der Waals surface area contributed by atoms with E-state index < -0.39 is 0 Å². The quantitative estimate of drug-likeness (QED) is 0.525. The number of piperidine rings is 1. The first-order valence-corrected chi connectivity index (χ1v) is 10.2. The van der Waals surface area contributed by atoms with Crippen molar-refractivity contribution in [3.8, 4) is 11.5 Å². The van der Waals surface area contributed by atoms with Crippen molar-refractivity contribution < 1.29 is 22.9 Å². The highest BCUT2D eigenvalue weighted by Gasteiger charge is 2.26. The molecule has 2 amide bonds. The van der Waals surface area contributed by atoms with Gasteiger partial charge >= 0.3 is 0 Å². The SMILES string of the molecule is O=C(NCC1CCN(C(=O)c2cc3ccccc3o2)CC1)c1cc(-c2ccco2)on1. The second-order valence-electron chi connectivity index (χ2n) is 7.65. The highest BCUT2D eigenvalue weighted by atomic mass is 16.5. The van der Waals surface area contributed by atoms with Gasteiger partial charge in [-0.3, -0.25) is 9.59 Å². The number of para-hydroxylation sites is 1. The third kappa shape index (κ3) is 3.96. The van der Waals surface area contributed by atoms with Crippen LogP contribution in [0.2, 0.25) is 0 Å². The molecule has 158 valence electrons. The number of fused-ring (bicyclic) bond motifs is 1. The molecular formula is C23H21N3O5. The highest BCUT2D eigenvalue weighted by Crippen LogP contribution is 2.24. The van der Waals surface area contributed by atoms with Gasteiger partial charge in [0.15, 0.2) is 17.2 Å². The van der Waals surface area contributed by atoms with Crippen molar-refractivity contribution in [2.24, 2.45) is 5.92 Å². The predicted molar refractivity (Wildman–Crippen MR) is 111 cm³/mol. The zero-order chi connectivity index (χ0) is 21.2. The number of hydrogen-bond donors (Lipinski definition) is 1. The van der Waals surface area contributed by atoms with Crippen molar-refractivity contribution in [3.05, 3.63) is 66.2 Å². The Hall–Kier alpha value is -3.81. The monoisotopic (exact) mass is 419 g/mol. The van der Waals surface area contributed by atoms with E-state index in [-0.39, 0.29) is 17.5 Å². The van der Waals surface area contributed by atoms with Crippen molar-refractivity contribution in [1.82, 2.24) is 15.4 Å². The molecule has 0 saturated carbocycles. The van der Waals surface area contributed by atoms with Crippen LogP contribution in [0, 0.1) is 5.92 Å². The fourth-order valence-corrected chi connectivity index (χ4v) is 3.83. The molecule has 4 aromatic rings. The van der Waals surface area contributed by atoms with Gasteiger partial charge in [-0.2, -0.15) is 0 Å². The van der Waals surface area contributed by atoms with Crippen LogP contribution in [-0.2, 0) is 0 Å². The zero-order valence-electron chi connectivity index (χ0n) is 16.7. The van der Waals surface area contributed by atoms with Crippen LogP contribution >= 0.6 is 0 Å². The van der Waals surface area contributed by atoms with Crippen molar-refractivity contribution >= 4 is 22.8 Å². The van der Waals surface area contributed by atoms with Gasteiger partial charge in [0.05, 0.1) is 6.26 Å². The molecule has 4 heterocycles. The van der Waals surface area contributed by atoms with Crippen molar-refractivity contribution in [1.29, 1.82) is 0 Å². The summed E-state index contributed by atoms with van der Waals surface area (Å²) in [5.74, 6) is 1.21. The molecule has 1 N–H and O–H groups in total. The molecule has 1 fully saturated rings. The number of hydrogen-bond acceptors (Lipinski definition) is 6. The summed E-state index contributed by atoms with van der Waals surface area (Å²) in [4.78, 5) is 26.9. The lowest BCUT2D eigenvalue weighted by Crippen LogP contribution is -2.41. The highest BCUT2D eigenvalue weighted by molar-refractivity contribution is 5.96. The van der Waals surface area contributed by atoms with Crippen LogP contribution in [0.15, 0.2) is 68.2 Å². The third-order valence-electron chi connectivity index (χ3n) is 5.60. The Kier molecular flexibility index (Phi) is 5.03. The summed E-state index contributed by atoms with van der Waals surface area (Å²) in [6, 6.07) is 14.4. The second-order valence-corrected chi connectivity index (χ2v) is 7.65. The van der Waals surface area contributed by atoms with Crippen molar-refractivity contribution in [2.75, 3.05) is 19.6 Å². The minimum Gasteiger partial charge on any atom is -0.461 e. The molecule has 0 unspecified atom stereocenters. The van der Waals surface area contributed by atoms with E-state index in [2.05, 4.69) is 10.5 Å². The van der Waals surface area contributed by atoms with E-state index in [1.807, 2.05) is 29.2 Å². The number of amides is 2. The molecule has 0 aliphatic carbocycles. The van der Waals surface area contributed by atoms with E-state index in [1.165, 1.54) is 6.26 Å². The second kappa shape index (κ2) is 8.14. The van der Waals surface area contributed by atoms with Crippen LogP contribution in [0.3, 0.4) is 0 Å². The summed E-state index contributed by atoms with van der Waals surface area (Å²) < 4.78 is 16.1. The standard InChI is InChI=1S/C23H21N3O5/c27-22(17-13-20(31-25-17)19-6-3-11-29-19)24-14-15-7-9-26(10-8-15)23(28)21-12-16-4-1-2-5-18(16)30-21/h1-6,11-13,15H,7-10,14H2,(H,24,27). The minimum atomic E-state index is -0.290. The number of benzene rings is 1. The Bertz CT molecular complexity index is 1170. The molecule has 5 rings (SSSR count). The Morgan fingerprint density at radius 2 is 1.90 bits per heavy atom. The van der Waals surface area contributed by atoms with Crippen LogP contribution in [0.25, 0.3) is 22.5 Å². The molecule has 0 atom stereocenters. The molecule has 0 radical (unpaired) electrons. The normalized spacial score (nSPS) is 14.8. The largest absolute Gasteiger partial charge is 0.461 e. The molecule has 0 bridgehead atoms. The maximum absolute atomic E-state index is 12.8. The van der Waals surface area contributed by atoms with Crippen LogP contribution < -0.4 is 5.32 Å². The number of nitrogens with one attached hydrogen (secondary N) is 1. The number of likely N-dealkylation sites (tertiary alicyclic amines) is 1. The fourth-order valence-electron chi connectivity index (χ4n) is 3.83. The topological polar surface area (TPSA) is 102 Å². The maximum Gasteiger partial charge on any atom is 0.289 e. The van der Waals surface area contributed by atoms with Gasteiger partial charge in [-0.15, -0.1) is 0 Å². The Labute approximate surface area is 177 Å². The van der Waals surface area contributed by atoms with E-state index in [0.29, 0.717) is 48.4 Å². The van der Waals surface area contributed by atoms with E-state index in [1.54, 1.807) is 24.3 Å². The fraction of sp³-hybridized carbons (Fsp3) is 0.261. The number of aromatic nitrogens is 1. The minimum absolute atomic E-state index is 0.0910. The van der Waals surface area contributed by atoms with E-state index >= 15 is 0 Å². The lowest BCUT2D eigenvalue weighted by molar-refractivity contribution is 0.0655. The number of furan rings is 2. The summed E-state index contributed by atoms with van der Waals surface area (Å²) in [7, 11) is 0. The predicted octanol–water partition coefficient (Wildman–Crippen LogP) is 3.96. The van der Waals surface area contributed by atoms with Crippen LogP contribution in [0.4, 0.5) is 0 Å². The molecule has 8 heteroatoms. The van der Waals surface area contributed by atoms with Gasteiger partial charge in [-0.25, -0.2) is 0 Å². The number of carbonyl (C=O) groups is 2. The van der Waals surface area contributed by atoms with Gasteiger partial charge in [-0.1, -0.05) is 23.4 Å². The molecule has 8 nitrogen and oxygen atoms in total. The maximum atomic E-state index is 12.8. The van der Waals surface area contributed by atoms with Gasteiger partial charge in [0.1, 0.15) is 5.58 Å². The van der Waals surface area contributed by atoms with Crippen LogP contribution in [0.1, 0.15) is 33.9 Å². The summed E-state index contributed by atoms with van der Waals surface area (Å²) in [6.45, 7) is 1.78. The number of rotatable bonds is 5. The molecule has 1 saturated heterocycles. The Morgan fingerprint density at radius 1 is 1.06 bits per heavy atom. The third-order valence-corrected chi connectivity index (χ3v) is 5.60. The summed E-state index contributed by atoms with van der Waals surface area (Å²) in [5, 5.41) is 7.64. The van der Waals surface area contributed by atoms with Crippen LogP contribution in [0.5, 0.6) is 0 Å². The summed E-state index contributed by atoms with van der Waals surface area (Å²) in [5.41, 5.74) is 0.926. The summed E-state index contributed by atoms with van der Waals surface area (Å²) in [6.07, 6.45) is 3.15. The molecule has 0 spiro atoms. The average molecular weight is 419 g/mol. The molecule has 1 aliphatic rings. The first kappa shape index (κ1) is 19.2. The molecule has 1 aromatic carbocycles. The first-order valence-electron chi connectivity index (χ1n) is 10.2. The summed E-state index contributed by atoms with van der Waals surface area (Å²) >= 11 is 0. The van der Waals surface area contributed by atoms with Gasteiger partial charge in [-0.05, 0) is 43.0 Å². The molecule has 3 aromatic heterocycles. The molecular weight excluding hydrogens is 398 g/mol. The van der Waals surface area contributed by atoms with E-state index in [0.717, 1.165) is 18.2 Å². The lowest BCUT2D eigenvalue weighted by atomic mass is 9.96. The molecule has 1 aliphatic heterocycles. The van der Waals surface area contributed by atoms with Gasteiger partial charge in [0.2, 0.25) is 5.76 Å². The van der Waals surface area contributed by atoms with Gasteiger partial charge < -0.3 is 23.6 Å². The van der Waals surface area contributed by atoms with Crippen molar-refractivity contribution in [2.45, 2.75) is 12.8 Å². The smallest absolute Gasteiger partial charge is 0.289 e. The Balaban J connectivity index is 1.12. The molecule has 31 heavy (non-hydrogen) atoms. The first-order chi connectivity index (χ1) is 15.2. The lowest BCUT2D eigenvalue weighted by Gasteiger charge is -2.31. The number of nitrogens with zero attached hydrogens (tertiary/aromatic N) is 2. The van der Waals surface area contributed by atoms with Gasteiger partial charge in [0.25, 0.3) is 11.8 Å². The average Bonchev–Trinajstić information content (AvgIpc) is 3.56. The number of carbonyl (C=O) groups excluding carboxylic acids is 2. The van der Waals surface area contributed by atoms with Gasteiger partial charge in [0, 0.05) is 31.1 Å².